The van der Waals surface area contributed by atoms with Crippen LogP contribution in [-0.2, 0) is 22.3 Å². The van der Waals surface area contributed by atoms with Crippen molar-refractivity contribution in [2.45, 2.75) is 51.1 Å². The van der Waals surface area contributed by atoms with E-state index < -0.39 is 27.4 Å². The van der Waals surface area contributed by atoms with Crippen LogP contribution in [-0.4, -0.2) is 73.7 Å². The van der Waals surface area contributed by atoms with E-state index in [0.717, 1.165) is 44.1 Å². The van der Waals surface area contributed by atoms with Gasteiger partial charge in [0.05, 0.1) is 18.0 Å². The fourth-order valence-corrected chi connectivity index (χ4v) is 6.47. The van der Waals surface area contributed by atoms with Gasteiger partial charge in [0.25, 0.3) is 0 Å². The standard InChI is InChI=1S/C29H36F2N8O3S.ClH/c1-19(2)39-27-21(16-32-28(34-27)33-23-11-13-37(14-12-23)36(3)4)17-38(29(39)40)24-9-10-26(25(31)15-24)35-43(41,42)18-20-5-7-22(30)8-6-20;/h5-10,15-16,19,23,35H,11-14,17-18H2,1-4H3,(H,32,33,34);1H. The van der Waals surface area contributed by atoms with Gasteiger partial charge in [0, 0.05) is 56.7 Å². The molecule has 238 valence electrons. The van der Waals surface area contributed by atoms with Crippen molar-refractivity contribution in [1.29, 1.82) is 0 Å². The van der Waals surface area contributed by atoms with Crippen molar-refractivity contribution < 1.29 is 22.0 Å². The molecule has 11 nitrogen and oxygen atoms in total. The number of piperidine rings is 1. The van der Waals surface area contributed by atoms with E-state index in [-0.39, 0.29) is 48.4 Å². The molecule has 2 aliphatic heterocycles. The van der Waals surface area contributed by atoms with Crippen molar-refractivity contribution in [3.63, 3.8) is 0 Å². The minimum Gasteiger partial charge on any atom is -0.351 e. The summed E-state index contributed by atoms with van der Waals surface area (Å²) in [6.45, 7) is 5.71. The summed E-state index contributed by atoms with van der Waals surface area (Å²) in [5.74, 6) is -0.819. The molecule has 0 bridgehead atoms. The molecule has 1 saturated heterocycles. The third-order valence-electron chi connectivity index (χ3n) is 7.52. The van der Waals surface area contributed by atoms with Gasteiger partial charge in [0.15, 0.2) is 0 Å². The number of fused-ring (bicyclic) bond motifs is 1. The van der Waals surface area contributed by atoms with Gasteiger partial charge in [-0.15, -0.1) is 12.4 Å². The van der Waals surface area contributed by atoms with E-state index in [2.05, 4.69) is 25.0 Å². The number of urea groups is 1. The summed E-state index contributed by atoms with van der Waals surface area (Å²) in [5, 5.41) is 7.79. The Morgan fingerprint density at radius 1 is 1.07 bits per heavy atom. The molecule has 0 unspecified atom stereocenters. The average Bonchev–Trinajstić information content (AvgIpc) is 2.95. The topological polar surface area (TPSA) is 114 Å². The Kier molecular flexibility index (Phi) is 10.3. The summed E-state index contributed by atoms with van der Waals surface area (Å²) in [7, 11) is 0.0809. The summed E-state index contributed by atoms with van der Waals surface area (Å²) >= 11 is 0. The number of hydrazine groups is 1. The molecule has 44 heavy (non-hydrogen) atoms. The molecule has 0 saturated carbocycles. The third kappa shape index (κ3) is 7.54. The molecule has 0 spiro atoms. The average molecular weight is 651 g/mol. The zero-order valence-electron chi connectivity index (χ0n) is 25.0. The lowest BCUT2D eigenvalue weighted by Crippen LogP contribution is -2.51. The number of hydrogen-bond donors (Lipinski definition) is 2. The van der Waals surface area contributed by atoms with E-state index >= 15 is 4.39 Å². The van der Waals surface area contributed by atoms with Crippen LogP contribution in [0.2, 0.25) is 0 Å². The highest BCUT2D eigenvalue weighted by Gasteiger charge is 2.35. The maximum Gasteiger partial charge on any atom is 0.330 e. The highest BCUT2D eigenvalue weighted by molar-refractivity contribution is 7.91. The summed E-state index contributed by atoms with van der Waals surface area (Å²) in [6.07, 6.45) is 3.55. The lowest BCUT2D eigenvalue weighted by atomic mass is 10.1. The highest BCUT2D eigenvalue weighted by atomic mass is 35.5. The molecule has 3 aromatic rings. The number of nitrogens with one attached hydrogen (secondary N) is 2. The highest BCUT2D eigenvalue weighted by Crippen LogP contribution is 2.34. The molecule has 5 rings (SSSR count). The SMILES string of the molecule is CC(C)N1C(=O)N(c2ccc(NS(=O)(=O)Cc3ccc(F)cc3)c(F)c2)Cc2cnc(NC3CCN(N(C)C)CC3)nc21.Cl. The van der Waals surface area contributed by atoms with Crippen molar-refractivity contribution in [2.75, 3.05) is 47.0 Å². The predicted octanol–water partition coefficient (Wildman–Crippen LogP) is 4.83. The van der Waals surface area contributed by atoms with Gasteiger partial charge in [-0.3, -0.25) is 14.5 Å². The fraction of sp³-hybridized carbons (Fsp3) is 0.414. The van der Waals surface area contributed by atoms with Gasteiger partial charge in [-0.2, -0.15) is 4.98 Å². The van der Waals surface area contributed by atoms with Crippen molar-refractivity contribution in [1.82, 2.24) is 20.0 Å². The number of benzene rings is 2. The number of amides is 2. The van der Waals surface area contributed by atoms with Crippen LogP contribution >= 0.6 is 12.4 Å². The fourth-order valence-electron chi connectivity index (χ4n) is 5.26. The number of halogens is 3. The van der Waals surface area contributed by atoms with Crippen molar-refractivity contribution >= 4 is 51.6 Å². The Labute approximate surface area is 262 Å². The van der Waals surface area contributed by atoms with Crippen LogP contribution in [0.25, 0.3) is 0 Å². The lowest BCUT2D eigenvalue weighted by Gasteiger charge is -2.38. The summed E-state index contributed by atoms with van der Waals surface area (Å²) in [6, 6.07) is 8.49. The zero-order valence-corrected chi connectivity index (χ0v) is 26.6. The lowest BCUT2D eigenvalue weighted by molar-refractivity contribution is 0.00469. The normalized spacial score (nSPS) is 16.2. The van der Waals surface area contributed by atoms with E-state index in [1.807, 2.05) is 27.9 Å². The quantitative estimate of drug-likeness (QED) is 0.339. The van der Waals surface area contributed by atoms with Crippen molar-refractivity contribution in [3.8, 4) is 0 Å². The van der Waals surface area contributed by atoms with Crippen LogP contribution in [0.5, 0.6) is 0 Å². The first-order valence-corrected chi connectivity index (χ1v) is 15.8. The van der Waals surface area contributed by atoms with Gasteiger partial charge in [-0.05, 0) is 62.6 Å². The van der Waals surface area contributed by atoms with Crippen molar-refractivity contribution in [3.05, 3.63) is 71.4 Å². The molecule has 15 heteroatoms. The molecule has 0 radical (unpaired) electrons. The monoisotopic (exact) mass is 650 g/mol. The first-order valence-electron chi connectivity index (χ1n) is 14.1. The van der Waals surface area contributed by atoms with Gasteiger partial charge < -0.3 is 5.32 Å². The molecular formula is C29H37ClF2N8O3S. The van der Waals surface area contributed by atoms with E-state index in [9.17, 15) is 17.6 Å². The van der Waals surface area contributed by atoms with Gasteiger partial charge in [0.2, 0.25) is 16.0 Å². The van der Waals surface area contributed by atoms with E-state index in [1.165, 1.54) is 29.2 Å². The smallest absolute Gasteiger partial charge is 0.330 e. The molecular weight excluding hydrogens is 614 g/mol. The number of nitrogens with zero attached hydrogens (tertiary/aromatic N) is 6. The molecule has 0 atom stereocenters. The molecule has 3 heterocycles. The van der Waals surface area contributed by atoms with Crippen LogP contribution in [0.3, 0.4) is 0 Å². The molecule has 1 fully saturated rings. The number of anilines is 4. The molecule has 2 aromatic carbocycles. The molecule has 2 aliphatic rings. The number of carbonyl (C=O) groups excluding carboxylic acids is 1. The third-order valence-corrected chi connectivity index (χ3v) is 8.77. The number of sulfonamides is 1. The van der Waals surface area contributed by atoms with Crippen LogP contribution in [0, 0.1) is 11.6 Å². The maximum absolute atomic E-state index is 15.2. The molecule has 1 aromatic heterocycles. The van der Waals surface area contributed by atoms with E-state index in [1.54, 1.807) is 11.1 Å². The Morgan fingerprint density at radius 3 is 2.36 bits per heavy atom. The Balaban J connectivity index is 0.00000442. The van der Waals surface area contributed by atoms with Crippen LogP contribution < -0.4 is 19.8 Å². The largest absolute Gasteiger partial charge is 0.351 e. The number of carbonyl (C=O) groups is 1. The minimum absolute atomic E-state index is 0. The summed E-state index contributed by atoms with van der Waals surface area (Å²) in [4.78, 5) is 25.9. The molecule has 0 aliphatic carbocycles. The Hall–Kier alpha value is -3.59. The number of aromatic nitrogens is 2. The second-order valence-corrected chi connectivity index (χ2v) is 13.0. The second-order valence-electron chi connectivity index (χ2n) is 11.2. The molecule has 2 N–H and O–H groups in total. The summed E-state index contributed by atoms with van der Waals surface area (Å²) < 4.78 is 55.8. The van der Waals surface area contributed by atoms with E-state index in [4.69, 9.17) is 4.98 Å². The van der Waals surface area contributed by atoms with Gasteiger partial charge >= 0.3 is 6.03 Å². The van der Waals surface area contributed by atoms with Gasteiger partial charge in [-0.1, -0.05) is 12.1 Å². The molecule has 2 amide bonds. The van der Waals surface area contributed by atoms with Crippen LogP contribution in [0.4, 0.5) is 36.7 Å². The summed E-state index contributed by atoms with van der Waals surface area (Å²) in [5.41, 5.74) is 1.06. The maximum atomic E-state index is 15.2. The van der Waals surface area contributed by atoms with Gasteiger partial charge in [-0.25, -0.2) is 37.0 Å². The second kappa shape index (κ2) is 13.6. The van der Waals surface area contributed by atoms with Crippen molar-refractivity contribution in [2.24, 2.45) is 0 Å². The van der Waals surface area contributed by atoms with E-state index in [0.29, 0.717) is 22.9 Å². The van der Waals surface area contributed by atoms with Gasteiger partial charge in [0.1, 0.15) is 17.5 Å². The van der Waals surface area contributed by atoms with Crippen LogP contribution in [0.1, 0.15) is 37.8 Å². The number of hydrogen-bond acceptors (Lipinski definition) is 8. The first-order chi connectivity index (χ1) is 20.4. The first kappa shape index (κ1) is 33.3. The Bertz CT molecular complexity index is 1590. The van der Waals surface area contributed by atoms with Crippen LogP contribution in [0.15, 0.2) is 48.7 Å². The Morgan fingerprint density at radius 2 is 1.75 bits per heavy atom. The minimum atomic E-state index is -3.98. The predicted molar refractivity (Wildman–Crippen MR) is 169 cm³/mol. The zero-order chi connectivity index (χ0) is 30.9. The number of rotatable bonds is 9.